The van der Waals surface area contributed by atoms with Crippen LogP contribution in [0.25, 0.3) is 0 Å². The largest absolute Gasteiger partial charge is 0.366 e. The van der Waals surface area contributed by atoms with Crippen molar-refractivity contribution in [2.45, 2.75) is 59.0 Å². The third-order valence-corrected chi connectivity index (χ3v) is 4.67. The highest BCUT2D eigenvalue weighted by Crippen LogP contribution is 2.28. The summed E-state index contributed by atoms with van der Waals surface area (Å²) in [6.07, 6.45) is 2.38. The molecule has 19 heavy (non-hydrogen) atoms. The molecule has 2 rings (SSSR count). The normalized spacial score (nSPS) is 22.6. The highest BCUT2D eigenvalue weighted by Gasteiger charge is 2.35. The number of nitrogens with zero attached hydrogens (tertiary/aromatic N) is 1. The van der Waals surface area contributed by atoms with Crippen molar-refractivity contribution in [2.24, 2.45) is 0 Å². The molecule has 1 aromatic carbocycles. The van der Waals surface area contributed by atoms with Crippen molar-refractivity contribution in [3.8, 4) is 0 Å². The maximum absolute atomic E-state index is 3.77. The maximum atomic E-state index is 3.77. The predicted molar refractivity (Wildman–Crippen MR) is 84.0 cm³/mol. The van der Waals surface area contributed by atoms with Gasteiger partial charge in [-0.25, -0.2) is 0 Å². The van der Waals surface area contributed by atoms with Gasteiger partial charge in [0.15, 0.2) is 0 Å². The lowest BCUT2D eigenvalue weighted by Gasteiger charge is -2.47. The lowest BCUT2D eigenvalue weighted by atomic mass is 9.88. The second kappa shape index (κ2) is 5.54. The van der Waals surface area contributed by atoms with Crippen molar-refractivity contribution < 1.29 is 0 Å². The van der Waals surface area contributed by atoms with E-state index in [0.29, 0.717) is 6.04 Å². The fourth-order valence-corrected chi connectivity index (χ4v) is 3.20. The fraction of sp³-hybridized carbons (Fsp3) is 0.647. The third kappa shape index (κ3) is 2.94. The first-order valence-electron chi connectivity index (χ1n) is 7.59. The van der Waals surface area contributed by atoms with Gasteiger partial charge in [0.2, 0.25) is 0 Å². The first kappa shape index (κ1) is 14.4. The van der Waals surface area contributed by atoms with Gasteiger partial charge in [0.25, 0.3) is 0 Å². The van der Waals surface area contributed by atoms with Gasteiger partial charge < -0.3 is 10.2 Å². The minimum Gasteiger partial charge on any atom is -0.366 e. The summed E-state index contributed by atoms with van der Waals surface area (Å²) >= 11 is 0. The number of hydrogen-bond donors (Lipinski definition) is 1. The van der Waals surface area contributed by atoms with Crippen LogP contribution < -0.4 is 10.2 Å². The van der Waals surface area contributed by atoms with E-state index in [0.717, 1.165) is 13.1 Å². The molecule has 1 heterocycles. The van der Waals surface area contributed by atoms with Crippen LogP contribution in [0.15, 0.2) is 18.2 Å². The van der Waals surface area contributed by atoms with E-state index >= 15 is 0 Å². The average molecular weight is 260 g/mol. The molecule has 0 radical (unpaired) electrons. The molecule has 1 fully saturated rings. The van der Waals surface area contributed by atoms with Crippen LogP contribution in [0.3, 0.4) is 0 Å². The van der Waals surface area contributed by atoms with Gasteiger partial charge in [-0.2, -0.15) is 0 Å². The fourth-order valence-electron chi connectivity index (χ4n) is 3.20. The predicted octanol–water partition coefficient (Wildman–Crippen LogP) is 3.66. The SMILES string of the molecule is CCC1(CC)CN(c2cc(C)cc(C)c2)C(C)CN1. The third-order valence-electron chi connectivity index (χ3n) is 4.67. The van der Waals surface area contributed by atoms with Gasteiger partial charge >= 0.3 is 0 Å². The van der Waals surface area contributed by atoms with E-state index in [1.165, 1.54) is 29.7 Å². The molecule has 0 spiro atoms. The zero-order chi connectivity index (χ0) is 14.0. The number of rotatable bonds is 3. The lowest BCUT2D eigenvalue weighted by molar-refractivity contribution is 0.254. The van der Waals surface area contributed by atoms with Crippen molar-refractivity contribution in [3.63, 3.8) is 0 Å². The summed E-state index contributed by atoms with van der Waals surface area (Å²) in [6.45, 7) is 13.5. The van der Waals surface area contributed by atoms with E-state index < -0.39 is 0 Å². The molecule has 1 atom stereocenters. The Hall–Kier alpha value is -1.02. The smallest absolute Gasteiger partial charge is 0.0387 e. The summed E-state index contributed by atoms with van der Waals surface area (Å²) in [4.78, 5) is 2.59. The topological polar surface area (TPSA) is 15.3 Å². The van der Waals surface area contributed by atoms with Crippen molar-refractivity contribution in [3.05, 3.63) is 29.3 Å². The highest BCUT2D eigenvalue weighted by atomic mass is 15.3. The zero-order valence-corrected chi connectivity index (χ0v) is 13.1. The van der Waals surface area contributed by atoms with Gasteiger partial charge in [-0.05, 0) is 56.9 Å². The van der Waals surface area contributed by atoms with Crippen LogP contribution in [-0.2, 0) is 0 Å². The van der Waals surface area contributed by atoms with Gasteiger partial charge in [0.05, 0.1) is 0 Å². The minimum atomic E-state index is 0.282. The Balaban J connectivity index is 2.30. The van der Waals surface area contributed by atoms with Crippen molar-refractivity contribution in [1.29, 1.82) is 0 Å². The summed E-state index contributed by atoms with van der Waals surface area (Å²) in [7, 11) is 0. The summed E-state index contributed by atoms with van der Waals surface area (Å²) in [6, 6.07) is 7.46. The van der Waals surface area contributed by atoms with E-state index in [4.69, 9.17) is 0 Å². The Morgan fingerprint density at radius 1 is 1.16 bits per heavy atom. The number of anilines is 1. The number of nitrogens with one attached hydrogen (secondary N) is 1. The molecular formula is C17H28N2. The van der Waals surface area contributed by atoms with E-state index in [-0.39, 0.29) is 5.54 Å². The molecule has 1 aromatic rings. The van der Waals surface area contributed by atoms with Crippen LogP contribution in [0.1, 0.15) is 44.7 Å². The summed E-state index contributed by atoms with van der Waals surface area (Å²) in [5.41, 5.74) is 4.39. The second-order valence-electron chi connectivity index (χ2n) is 6.19. The number of aryl methyl sites for hydroxylation is 2. The second-order valence-corrected chi connectivity index (χ2v) is 6.19. The molecule has 0 saturated carbocycles. The van der Waals surface area contributed by atoms with E-state index in [1.54, 1.807) is 0 Å². The maximum Gasteiger partial charge on any atom is 0.0387 e. The van der Waals surface area contributed by atoms with Crippen LogP contribution in [0, 0.1) is 13.8 Å². The molecule has 1 N–H and O–H groups in total. The Bertz CT molecular complexity index is 415. The number of piperazine rings is 1. The van der Waals surface area contributed by atoms with Gasteiger partial charge in [0.1, 0.15) is 0 Å². The van der Waals surface area contributed by atoms with Crippen LogP contribution in [0.5, 0.6) is 0 Å². The van der Waals surface area contributed by atoms with E-state index in [9.17, 15) is 0 Å². The van der Waals surface area contributed by atoms with Crippen molar-refractivity contribution >= 4 is 5.69 Å². The Kier molecular flexibility index (Phi) is 4.19. The molecule has 2 heteroatoms. The average Bonchev–Trinajstić information content (AvgIpc) is 2.39. The molecule has 0 bridgehead atoms. The molecule has 1 aliphatic rings. The monoisotopic (exact) mass is 260 g/mol. The number of hydrogen-bond acceptors (Lipinski definition) is 2. The Morgan fingerprint density at radius 3 is 2.26 bits per heavy atom. The van der Waals surface area contributed by atoms with Gasteiger partial charge in [-0.15, -0.1) is 0 Å². The molecule has 0 amide bonds. The highest BCUT2D eigenvalue weighted by molar-refractivity contribution is 5.52. The van der Waals surface area contributed by atoms with Crippen molar-refractivity contribution in [2.75, 3.05) is 18.0 Å². The summed E-state index contributed by atoms with van der Waals surface area (Å²) < 4.78 is 0. The molecule has 1 unspecified atom stereocenters. The van der Waals surface area contributed by atoms with Gasteiger partial charge in [-0.1, -0.05) is 19.9 Å². The van der Waals surface area contributed by atoms with Crippen LogP contribution in [-0.4, -0.2) is 24.7 Å². The molecule has 106 valence electrons. The molecule has 0 aromatic heterocycles. The number of benzene rings is 1. The molecule has 0 aliphatic carbocycles. The quantitative estimate of drug-likeness (QED) is 0.892. The summed E-state index contributed by atoms with van der Waals surface area (Å²) in [5, 5.41) is 3.77. The Morgan fingerprint density at radius 2 is 1.74 bits per heavy atom. The molecule has 1 aliphatic heterocycles. The zero-order valence-electron chi connectivity index (χ0n) is 13.1. The van der Waals surface area contributed by atoms with E-state index in [1.807, 2.05) is 0 Å². The van der Waals surface area contributed by atoms with Gasteiger partial charge in [0, 0.05) is 30.4 Å². The summed E-state index contributed by atoms with van der Waals surface area (Å²) in [5.74, 6) is 0. The Labute approximate surface area is 118 Å². The standard InChI is InChI=1S/C17H28N2/c1-6-17(7-2)12-19(15(5)11-18-17)16-9-13(3)8-14(4)10-16/h8-10,15,18H,6-7,11-12H2,1-5H3. The van der Waals surface area contributed by atoms with Crippen LogP contribution >= 0.6 is 0 Å². The van der Waals surface area contributed by atoms with Gasteiger partial charge in [-0.3, -0.25) is 0 Å². The first-order valence-corrected chi connectivity index (χ1v) is 7.59. The first-order chi connectivity index (χ1) is 8.99. The lowest BCUT2D eigenvalue weighted by Crippen LogP contribution is -2.63. The molecular weight excluding hydrogens is 232 g/mol. The molecule has 2 nitrogen and oxygen atoms in total. The molecule has 1 saturated heterocycles. The van der Waals surface area contributed by atoms with Crippen LogP contribution in [0.2, 0.25) is 0 Å². The van der Waals surface area contributed by atoms with Crippen LogP contribution in [0.4, 0.5) is 5.69 Å². The van der Waals surface area contributed by atoms with Crippen molar-refractivity contribution in [1.82, 2.24) is 5.32 Å². The minimum absolute atomic E-state index is 0.282. The van der Waals surface area contributed by atoms with E-state index in [2.05, 4.69) is 63.0 Å².